The standard InChI is InChI=1S/C7H16ClNO2S/c1-4-7(12(8,10)11)9(5-2)6-3/h7H,4-6H2,1-3H3. The van der Waals surface area contributed by atoms with Crippen molar-refractivity contribution in [3.8, 4) is 0 Å². The van der Waals surface area contributed by atoms with Crippen molar-refractivity contribution in [3.63, 3.8) is 0 Å². The number of rotatable bonds is 5. The molecule has 0 heterocycles. The van der Waals surface area contributed by atoms with Crippen molar-refractivity contribution < 1.29 is 8.42 Å². The minimum Gasteiger partial charge on any atom is -0.287 e. The van der Waals surface area contributed by atoms with E-state index in [9.17, 15) is 8.42 Å². The zero-order valence-electron chi connectivity index (χ0n) is 7.75. The van der Waals surface area contributed by atoms with Gasteiger partial charge in [-0.3, -0.25) is 4.90 Å². The van der Waals surface area contributed by atoms with Gasteiger partial charge in [-0.15, -0.1) is 0 Å². The molecule has 0 bridgehead atoms. The Morgan fingerprint density at radius 1 is 1.25 bits per heavy atom. The van der Waals surface area contributed by atoms with Crippen molar-refractivity contribution in [2.75, 3.05) is 13.1 Å². The van der Waals surface area contributed by atoms with Gasteiger partial charge in [0.25, 0.3) is 0 Å². The van der Waals surface area contributed by atoms with Crippen LogP contribution in [0, 0.1) is 0 Å². The summed E-state index contributed by atoms with van der Waals surface area (Å²) in [5.74, 6) is 0. The highest BCUT2D eigenvalue weighted by atomic mass is 35.7. The van der Waals surface area contributed by atoms with Crippen LogP contribution in [-0.4, -0.2) is 31.8 Å². The second-order valence-corrected chi connectivity index (χ2v) is 5.35. The fourth-order valence-electron chi connectivity index (χ4n) is 1.27. The first-order valence-corrected chi connectivity index (χ1v) is 6.52. The lowest BCUT2D eigenvalue weighted by atomic mass is 10.4. The van der Waals surface area contributed by atoms with Crippen LogP contribution in [0.3, 0.4) is 0 Å². The van der Waals surface area contributed by atoms with Crippen LogP contribution in [0.4, 0.5) is 0 Å². The fraction of sp³-hybridized carbons (Fsp3) is 1.00. The lowest BCUT2D eigenvalue weighted by molar-refractivity contribution is 0.270. The monoisotopic (exact) mass is 213 g/mol. The summed E-state index contributed by atoms with van der Waals surface area (Å²) in [6.45, 7) is 7.09. The highest BCUT2D eigenvalue weighted by molar-refractivity contribution is 8.14. The molecule has 0 aromatic heterocycles. The molecule has 0 saturated heterocycles. The van der Waals surface area contributed by atoms with Crippen molar-refractivity contribution in [1.29, 1.82) is 0 Å². The summed E-state index contributed by atoms with van der Waals surface area (Å²) in [5, 5.41) is -0.533. The first-order chi connectivity index (χ1) is 5.47. The fourth-order valence-corrected chi connectivity index (χ4v) is 3.03. The lowest BCUT2D eigenvalue weighted by Gasteiger charge is -2.25. The largest absolute Gasteiger partial charge is 0.287 e. The van der Waals surface area contributed by atoms with Crippen molar-refractivity contribution in [3.05, 3.63) is 0 Å². The summed E-state index contributed by atoms with van der Waals surface area (Å²) < 4.78 is 22.1. The minimum atomic E-state index is -3.44. The minimum absolute atomic E-state index is 0.533. The van der Waals surface area contributed by atoms with Gasteiger partial charge in [0.1, 0.15) is 5.37 Å². The molecule has 3 nitrogen and oxygen atoms in total. The van der Waals surface area contributed by atoms with Gasteiger partial charge >= 0.3 is 0 Å². The first kappa shape index (κ1) is 12.2. The summed E-state index contributed by atoms with van der Waals surface area (Å²) >= 11 is 0. The van der Waals surface area contributed by atoms with Crippen molar-refractivity contribution >= 4 is 19.7 Å². The molecular weight excluding hydrogens is 198 g/mol. The predicted molar refractivity (Wildman–Crippen MR) is 51.8 cm³/mol. The number of nitrogens with zero attached hydrogens (tertiary/aromatic N) is 1. The van der Waals surface area contributed by atoms with Gasteiger partial charge in [-0.2, -0.15) is 0 Å². The van der Waals surface area contributed by atoms with E-state index in [0.29, 0.717) is 19.5 Å². The van der Waals surface area contributed by atoms with Crippen LogP contribution in [0.25, 0.3) is 0 Å². The third kappa shape index (κ3) is 3.29. The molecule has 0 saturated carbocycles. The highest BCUT2D eigenvalue weighted by Crippen LogP contribution is 2.15. The van der Waals surface area contributed by atoms with Gasteiger partial charge in [-0.1, -0.05) is 20.8 Å². The topological polar surface area (TPSA) is 37.4 Å². The summed E-state index contributed by atoms with van der Waals surface area (Å²) in [4.78, 5) is 1.84. The van der Waals surface area contributed by atoms with E-state index in [-0.39, 0.29) is 0 Å². The van der Waals surface area contributed by atoms with Crippen LogP contribution in [-0.2, 0) is 9.05 Å². The van der Waals surface area contributed by atoms with Crippen LogP contribution >= 0.6 is 10.7 Å². The summed E-state index contributed by atoms with van der Waals surface area (Å²) in [5.41, 5.74) is 0. The van der Waals surface area contributed by atoms with E-state index >= 15 is 0 Å². The number of hydrogen-bond acceptors (Lipinski definition) is 3. The molecule has 0 aromatic rings. The molecule has 0 radical (unpaired) electrons. The number of hydrogen-bond donors (Lipinski definition) is 0. The summed E-state index contributed by atoms with van der Waals surface area (Å²) in [6, 6.07) is 0. The Labute approximate surface area is 79.1 Å². The van der Waals surface area contributed by atoms with E-state index in [1.165, 1.54) is 0 Å². The van der Waals surface area contributed by atoms with Crippen LogP contribution in [0.1, 0.15) is 27.2 Å². The number of halogens is 1. The average Bonchev–Trinajstić information content (AvgIpc) is 1.97. The second-order valence-electron chi connectivity index (χ2n) is 2.56. The van der Waals surface area contributed by atoms with Gasteiger partial charge in [-0.05, 0) is 19.5 Å². The van der Waals surface area contributed by atoms with E-state index in [1.54, 1.807) is 0 Å². The molecule has 0 aliphatic rings. The molecule has 1 atom stereocenters. The Morgan fingerprint density at radius 3 is 1.75 bits per heavy atom. The molecule has 1 unspecified atom stereocenters. The second kappa shape index (κ2) is 5.04. The third-order valence-corrected chi connectivity index (χ3v) is 3.79. The molecule has 74 valence electrons. The Morgan fingerprint density at radius 2 is 1.67 bits per heavy atom. The van der Waals surface area contributed by atoms with E-state index in [1.807, 2.05) is 25.7 Å². The predicted octanol–water partition coefficient (Wildman–Crippen LogP) is 1.63. The van der Waals surface area contributed by atoms with E-state index in [4.69, 9.17) is 10.7 Å². The van der Waals surface area contributed by atoms with Crippen molar-refractivity contribution in [2.24, 2.45) is 0 Å². The summed E-state index contributed by atoms with van der Waals surface area (Å²) in [7, 11) is 1.84. The first-order valence-electron chi connectivity index (χ1n) is 4.14. The molecule has 0 N–H and O–H groups in total. The van der Waals surface area contributed by atoms with Gasteiger partial charge in [0, 0.05) is 10.7 Å². The van der Waals surface area contributed by atoms with Crippen LogP contribution in [0.15, 0.2) is 0 Å². The zero-order chi connectivity index (χ0) is 9.78. The smallest absolute Gasteiger partial charge is 0.248 e. The molecular formula is C7H16ClNO2S. The van der Waals surface area contributed by atoms with Gasteiger partial charge < -0.3 is 0 Å². The molecule has 0 aliphatic heterocycles. The van der Waals surface area contributed by atoms with E-state index < -0.39 is 14.4 Å². The highest BCUT2D eigenvalue weighted by Gasteiger charge is 2.25. The maximum absolute atomic E-state index is 11.0. The Hall–Kier alpha value is 0.200. The lowest BCUT2D eigenvalue weighted by Crippen LogP contribution is -2.38. The van der Waals surface area contributed by atoms with Gasteiger partial charge in [0.05, 0.1) is 0 Å². The van der Waals surface area contributed by atoms with Crippen molar-refractivity contribution in [1.82, 2.24) is 4.90 Å². The van der Waals surface area contributed by atoms with Crippen LogP contribution in [0.5, 0.6) is 0 Å². The Balaban J connectivity index is 4.54. The van der Waals surface area contributed by atoms with Crippen LogP contribution in [0.2, 0.25) is 0 Å². The molecule has 0 fully saturated rings. The van der Waals surface area contributed by atoms with Gasteiger partial charge in [0.15, 0.2) is 0 Å². The van der Waals surface area contributed by atoms with Gasteiger partial charge in [-0.25, -0.2) is 8.42 Å². The maximum atomic E-state index is 11.0. The quantitative estimate of drug-likeness (QED) is 0.652. The third-order valence-electron chi connectivity index (χ3n) is 1.89. The van der Waals surface area contributed by atoms with E-state index in [0.717, 1.165) is 0 Å². The van der Waals surface area contributed by atoms with Crippen molar-refractivity contribution in [2.45, 2.75) is 32.6 Å². The molecule has 12 heavy (non-hydrogen) atoms. The zero-order valence-corrected chi connectivity index (χ0v) is 9.32. The van der Waals surface area contributed by atoms with Gasteiger partial charge in [0.2, 0.25) is 9.05 Å². The Kier molecular flexibility index (Phi) is 5.13. The average molecular weight is 214 g/mol. The molecule has 0 spiro atoms. The SMILES string of the molecule is CCC(N(CC)CC)S(=O)(=O)Cl. The molecule has 5 heteroatoms. The Bertz CT molecular complexity index is 211. The summed E-state index contributed by atoms with van der Waals surface area (Å²) in [6.07, 6.45) is 0.535. The molecule has 0 amide bonds. The maximum Gasteiger partial charge on any atom is 0.248 e. The molecule has 0 aromatic carbocycles. The normalized spacial score (nSPS) is 15.1. The molecule has 0 rings (SSSR count). The van der Waals surface area contributed by atoms with Crippen LogP contribution < -0.4 is 0 Å². The van der Waals surface area contributed by atoms with E-state index in [2.05, 4.69) is 0 Å². The molecule has 0 aliphatic carbocycles.